The summed E-state index contributed by atoms with van der Waals surface area (Å²) in [6.07, 6.45) is 2.63. The van der Waals surface area contributed by atoms with Crippen molar-refractivity contribution in [3.05, 3.63) is 29.6 Å². The predicted molar refractivity (Wildman–Crippen MR) is 106 cm³/mol. The third-order valence-corrected chi connectivity index (χ3v) is 6.12. The molecule has 0 aliphatic carbocycles. The SMILES string of the molecule is COC(=O)c1cccc2nc(C(C)C)n(CCN[C@H]3CN4CCC3CC4)c12. The molecule has 146 valence electrons. The number of methoxy groups -OCH3 is 1. The van der Waals surface area contributed by atoms with Crippen molar-refractivity contribution in [2.75, 3.05) is 33.3 Å². The van der Waals surface area contributed by atoms with Crippen LogP contribution in [0.2, 0.25) is 0 Å². The van der Waals surface area contributed by atoms with Crippen molar-refractivity contribution < 1.29 is 9.53 Å². The third kappa shape index (κ3) is 3.48. The van der Waals surface area contributed by atoms with E-state index < -0.39 is 0 Å². The lowest BCUT2D eigenvalue weighted by atomic mass is 9.84. The summed E-state index contributed by atoms with van der Waals surface area (Å²) in [5.41, 5.74) is 2.35. The number of nitrogens with one attached hydrogen (secondary N) is 1. The Labute approximate surface area is 160 Å². The minimum absolute atomic E-state index is 0.291. The van der Waals surface area contributed by atoms with Crippen LogP contribution in [-0.2, 0) is 11.3 Å². The summed E-state index contributed by atoms with van der Waals surface area (Å²) in [4.78, 5) is 19.7. The molecule has 0 amide bonds. The Kier molecular flexibility index (Phi) is 5.19. The molecule has 3 fully saturated rings. The predicted octanol–water partition coefficient (Wildman–Crippen LogP) is 2.63. The first kappa shape index (κ1) is 18.4. The highest BCUT2D eigenvalue weighted by Gasteiger charge is 2.33. The lowest BCUT2D eigenvalue weighted by Crippen LogP contribution is -2.56. The smallest absolute Gasteiger partial charge is 0.340 e. The number of hydrogen-bond donors (Lipinski definition) is 1. The molecule has 6 nitrogen and oxygen atoms in total. The van der Waals surface area contributed by atoms with Crippen LogP contribution in [0.1, 0.15) is 48.8 Å². The number of hydrogen-bond acceptors (Lipinski definition) is 5. The fraction of sp³-hybridized carbons (Fsp3) is 0.619. The summed E-state index contributed by atoms with van der Waals surface area (Å²) < 4.78 is 7.21. The Morgan fingerprint density at radius 2 is 2.11 bits per heavy atom. The van der Waals surface area contributed by atoms with E-state index >= 15 is 0 Å². The van der Waals surface area contributed by atoms with Gasteiger partial charge in [-0.1, -0.05) is 19.9 Å². The zero-order valence-electron chi connectivity index (χ0n) is 16.6. The van der Waals surface area contributed by atoms with E-state index in [0.717, 1.165) is 35.9 Å². The second-order valence-corrected chi connectivity index (χ2v) is 8.14. The molecule has 6 heteroatoms. The van der Waals surface area contributed by atoms with Crippen LogP contribution in [0.25, 0.3) is 11.0 Å². The van der Waals surface area contributed by atoms with Crippen molar-refractivity contribution in [2.24, 2.45) is 5.92 Å². The van der Waals surface area contributed by atoms with E-state index in [1.54, 1.807) is 0 Å². The molecule has 0 saturated carbocycles. The van der Waals surface area contributed by atoms with Gasteiger partial charge < -0.3 is 19.5 Å². The minimum atomic E-state index is -0.303. The first-order valence-corrected chi connectivity index (χ1v) is 10.1. The van der Waals surface area contributed by atoms with Gasteiger partial charge in [0.15, 0.2) is 0 Å². The van der Waals surface area contributed by atoms with Crippen molar-refractivity contribution in [1.29, 1.82) is 0 Å². The molecule has 3 aliphatic rings. The lowest BCUT2D eigenvalue weighted by molar-refractivity contribution is 0.0602. The van der Waals surface area contributed by atoms with Crippen molar-refractivity contribution in [2.45, 2.75) is 45.2 Å². The van der Waals surface area contributed by atoms with Gasteiger partial charge in [-0.05, 0) is 44.0 Å². The molecule has 27 heavy (non-hydrogen) atoms. The van der Waals surface area contributed by atoms with Gasteiger partial charge in [0.2, 0.25) is 0 Å². The van der Waals surface area contributed by atoms with Crippen LogP contribution in [-0.4, -0.2) is 59.8 Å². The van der Waals surface area contributed by atoms with Gasteiger partial charge in [-0.15, -0.1) is 0 Å². The van der Waals surface area contributed by atoms with Gasteiger partial charge in [0.05, 0.1) is 23.7 Å². The molecule has 3 aliphatic heterocycles. The van der Waals surface area contributed by atoms with Crippen LogP contribution in [0.15, 0.2) is 18.2 Å². The Balaban J connectivity index is 1.57. The quantitative estimate of drug-likeness (QED) is 0.792. The molecule has 4 heterocycles. The molecule has 1 aromatic carbocycles. The van der Waals surface area contributed by atoms with E-state index in [9.17, 15) is 4.79 Å². The van der Waals surface area contributed by atoms with Crippen LogP contribution >= 0.6 is 0 Å². The highest BCUT2D eigenvalue weighted by atomic mass is 16.5. The Morgan fingerprint density at radius 3 is 2.74 bits per heavy atom. The largest absolute Gasteiger partial charge is 0.465 e. The molecular weight excluding hydrogens is 340 g/mol. The van der Waals surface area contributed by atoms with Crippen molar-refractivity contribution in [3.63, 3.8) is 0 Å². The molecular formula is C21H30N4O2. The van der Waals surface area contributed by atoms with Crippen LogP contribution < -0.4 is 5.32 Å². The number of rotatable bonds is 6. The number of esters is 1. The molecule has 1 N–H and O–H groups in total. The van der Waals surface area contributed by atoms with Gasteiger partial charge in [0.25, 0.3) is 0 Å². The number of piperidine rings is 3. The number of carbonyl (C=O) groups is 1. The zero-order chi connectivity index (χ0) is 19.0. The number of benzene rings is 1. The normalized spacial score (nSPS) is 24.7. The maximum absolute atomic E-state index is 12.3. The summed E-state index contributed by atoms with van der Waals surface area (Å²) in [5.74, 6) is 1.82. The molecule has 0 spiro atoms. The molecule has 3 saturated heterocycles. The first-order valence-electron chi connectivity index (χ1n) is 10.1. The van der Waals surface area contributed by atoms with Gasteiger partial charge in [-0.25, -0.2) is 9.78 Å². The lowest BCUT2D eigenvalue weighted by Gasteiger charge is -2.45. The van der Waals surface area contributed by atoms with E-state index in [0.29, 0.717) is 17.5 Å². The van der Waals surface area contributed by atoms with Crippen LogP contribution in [0.3, 0.4) is 0 Å². The van der Waals surface area contributed by atoms with Gasteiger partial charge in [-0.3, -0.25) is 0 Å². The number of aromatic nitrogens is 2. The van der Waals surface area contributed by atoms with Crippen molar-refractivity contribution in [1.82, 2.24) is 19.8 Å². The summed E-state index contributed by atoms with van der Waals surface area (Å²) in [6, 6.07) is 6.27. The number of carbonyl (C=O) groups excluding carboxylic acids is 1. The fourth-order valence-corrected chi connectivity index (χ4v) is 4.70. The van der Waals surface area contributed by atoms with E-state index in [1.807, 2.05) is 18.2 Å². The average molecular weight is 370 g/mol. The summed E-state index contributed by atoms with van der Waals surface area (Å²) in [5, 5.41) is 3.78. The molecule has 5 rings (SSSR count). The van der Waals surface area contributed by atoms with Gasteiger partial charge in [-0.2, -0.15) is 0 Å². The molecule has 1 atom stereocenters. The van der Waals surface area contributed by atoms with E-state index in [1.165, 1.54) is 39.6 Å². The Morgan fingerprint density at radius 1 is 1.33 bits per heavy atom. The van der Waals surface area contributed by atoms with Crippen molar-refractivity contribution >= 4 is 17.0 Å². The summed E-state index contributed by atoms with van der Waals surface area (Å²) >= 11 is 0. The Hall–Kier alpha value is -1.92. The van der Waals surface area contributed by atoms with Crippen LogP contribution in [0, 0.1) is 5.92 Å². The maximum atomic E-state index is 12.3. The summed E-state index contributed by atoms with van der Waals surface area (Å²) in [6.45, 7) is 9.67. The van der Waals surface area contributed by atoms with Gasteiger partial charge in [0.1, 0.15) is 5.82 Å². The second kappa shape index (κ2) is 7.60. The number of fused-ring (bicyclic) bond motifs is 4. The zero-order valence-corrected chi connectivity index (χ0v) is 16.6. The number of ether oxygens (including phenoxy) is 1. The molecule has 2 aromatic rings. The molecule has 1 aromatic heterocycles. The number of nitrogens with zero attached hydrogens (tertiary/aromatic N) is 3. The highest BCUT2D eigenvalue weighted by Crippen LogP contribution is 2.28. The molecule has 0 unspecified atom stereocenters. The second-order valence-electron chi connectivity index (χ2n) is 8.14. The first-order chi connectivity index (χ1) is 13.1. The van der Waals surface area contributed by atoms with Crippen molar-refractivity contribution in [3.8, 4) is 0 Å². The maximum Gasteiger partial charge on any atom is 0.340 e. The standard InChI is InChI=1S/C21H30N4O2/c1-14(2)20-23-17-6-4-5-16(21(26)27-3)19(17)25(20)12-9-22-18-13-24-10-7-15(18)8-11-24/h4-6,14-15,18,22H,7-13H2,1-3H3/t18-/m0/s1. The van der Waals surface area contributed by atoms with E-state index in [-0.39, 0.29) is 5.97 Å². The van der Waals surface area contributed by atoms with E-state index in [2.05, 4.69) is 28.6 Å². The van der Waals surface area contributed by atoms with Gasteiger partial charge in [0, 0.05) is 31.6 Å². The minimum Gasteiger partial charge on any atom is -0.465 e. The van der Waals surface area contributed by atoms with E-state index in [4.69, 9.17) is 9.72 Å². The fourth-order valence-electron chi connectivity index (χ4n) is 4.70. The Bertz CT molecular complexity index is 821. The number of imidazole rings is 1. The third-order valence-electron chi connectivity index (χ3n) is 6.12. The topological polar surface area (TPSA) is 59.4 Å². The summed E-state index contributed by atoms with van der Waals surface area (Å²) in [7, 11) is 1.43. The number of para-hydroxylation sites is 1. The average Bonchev–Trinajstić information content (AvgIpc) is 3.07. The monoisotopic (exact) mass is 370 g/mol. The molecule has 2 bridgehead atoms. The van der Waals surface area contributed by atoms with Crippen LogP contribution in [0.5, 0.6) is 0 Å². The van der Waals surface area contributed by atoms with Gasteiger partial charge >= 0.3 is 5.97 Å². The highest BCUT2D eigenvalue weighted by molar-refractivity contribution is 6.02. The molecule has 0 radical (unpaired) electrons. The van der Waals surface area contributed by atoms with Crippen LogP contribution in [0.4, 0.5) is 0 Å².